The van der Waals surface area contributed by atoms with Crippen LogP contribution in [0, 0.1) is 13.8 Å². The Kier molecular flexibility index (Phi) is 2.22. The van der Waals surface area contributed by atoms with Gasteiger partial charge in [-0.1, -0.05) is 31.2 Å². The molecule has 0 saturated carbocycles. The number of hydrogen-bond acceptors (Lipinski definition) is 1. The van der Waals surface area contributed by atoms with Crippen molar-refractivity contribution in [3.05, 3.63) is 58.7 Å². The molecule has 0 radical (unpaired) electrons. The van der Waals surface area contributed by atoms with Gasteiger partial charge in [-0.15, -0.1) is 0 Å². The summed E-state index contributed by atoms with van der Waals surface area (Å²) in [6.07, 6.45) is 0. The van der Waals surface area contributed by atoms with Crippen molar-refractivity contribution < 1.29 is 4.74 Å². The zero-order chi connectivity index (χ0) is 12.0. The molecule has 1 aliphatic rings. The molecule has 0 aromatic heterocycles. The van der Waals surface area contributed by atoms with Crippen LogP contribution in [0.15, 0.2) is 36.4 Å². The Morgan fingerprint density at radius 3 is 2.53 bits per heavy atom. The van der Waals surface area contributed by atoms with E-state index in [1.165, 1.54) is 22.3 Å². The van der Waals surface area contributed by atoms with Crippen LogP contribution < -0.4 is 4.74 Å². The van der Waals surface area contributed by atoms with Crippen LogP contribution in [0.1, 0.15) is 35.1 Å². The highest BCUT2D eigenvalue weighted by atomic mass is 16.5. The predicted octanol–water partition coefficient (Wildman–Crippen LogP) is 4.56. The second-order valence-corrected chi connectivity index (χ2v) is 4.78. The van der Waals surface area contributed by atoms with Gasteiger partial charge < -0.3 is 4.74 Å². The van der Waals surface area contributed by atoms with Crippen LogP contribution in [-0.2, 0) is 0 Å². The molecule has 0 bridgehead atoms. The third kappa shape index (κ3) is 1.46. The summed E-state index contributed by atoms with van der Waals surface area (Å²) in [7, 11) is 0. The van der Waals surface area contributed by atoms with Gasteiger partial charge in [0.2, 0.25) is 0 Å². The van der Waals surface area contributed by atoms with Crippen molar-refractivity contribution in [2.75, 3.05) is 0 Å². The summed E-state index contributed by atoms with van der Waals surface area (Å²) in [4.78, 5) is 0. The topological polar surface area (TPSA) is 9.23 Å². The minimum absolute atomic E-state index is 0.412. The second kappa shape index (κ2) is 3.63. The molecule has 0 spiro atoms. The fourth-order valence-electron chi connectivity index (χ4n) is 2.65. The van der Waals surface area contributed by atoms with Crippen LogP contribution in [0.25, 0.3) is 0 Å². The highest BCUT2D eigenvalue weighted by Crippen LogP contribution is 2.45. The maximum atomic E-state index is 5.98. The Hall–Kier alpha value is -1.76. The molecule has 0 fully saturated rings. The first kappa shape index (κ1) is 10.4. The van der Waals surface area contributed by atoms with Crippen LogP contribution in [0.3, 0.4) is 0 Å². The molecule has 0 aliphatic carbocycles. The third-order valence-electron chi connectivity index (χ3n) is 3.78. The van der Waals surface area contributed by atoms with E-state index in [0.717, 1.165) is 11.5 Å². The highest BCUT2D eigenvalue weighted by Gasteiger charge is 2.25. The Labute approximate surface area is 102 Å². The molecule has 1 nitrogen and oxygen atoms in total. The lowest BCUT2D eigenvalue weighted by molar-refractivity contribution is 0.448. The van der Waals surface area contributed by atoms with Gasteiger partial charge in [-0.25, -0.2) is 0 Å². The Balaban J connectivity index is 2.24. The molecule has 1 heteroatoms. The number of aryl methyl sites for hydroxylation is 1. The molecule has 1 atom stereocenters. The summed E-state index contributed by atoms with van der Waals surface area (Å²) >= 11 is 0. The van der Waals surface area contributed by atoms with E-state index in [0.29, 0.717) is 5.92 Å². The highest BCUT2D eigenvalue weighted by molar-refractivity contribution is 5.57. The van der Waals surface area contributed by atoms with Gasteiger partial charge in [-0.2, -0.15) is 0 Å². The summed E-state index contributed by atoms with van der Waals surface area (Å²) < 4.78 is 5.98. The molecule has 86 valence electrons. The number of benzene rings is 2. The minimum atomic E-state index is 0.412. The maximum Gasteiger partial charge on any atom is 0.131 e. The quantitative estimate of drug-likeness (QED) is 0.637. The van der Waals surface area contributed by atoms with E-state index in [9.17, 15) is 0 Å². The van der Waals surface area contributed by atoms with Gasteiger partial charge in [0, 0.05) is 17.0 Å². The molecule has 2 aromatic rings. The Morgan fingerprint density at radius 2 is 1.71 bits per heavy atom. The first-order valence-corrected chi connectivity index (χ1v) is 6.05. The number of fused-ring (bicyclic) bond motifs is 2. The smallest absolute Gasteiger partial charge is 0.131 e. The van der Waals surface area contributed by atoms with Gasteiger partial charge in [0.25, 0.3) is 0 Å². The molecule has 2 aromatic carbocycles. The zero-order valence-electron chi connectivity index (χ0n) is 10.4. The van der Waals surface area contributed by atoms with E-state index in [1.807, 2.05) is 12.1 Å². The number of rotatable bonds is 0. The summed E-state index contributed by atoms with van der Waals surface area (Å²) in [5.74, 6) is 2.42. The minimum Gasteiger partial charge on any atom is -0.457 e. The van der Waals surface area contributed by atoms with Gasteiger partial charge in [-0.3, -0.25) is 0 Å². The molecular formula is C16H16O. The normalized spacial score (nSPS) is 17.0. The van der Waals surface area contributed by atoms with Crippen molar-refractivity contribution in [1.29, 1.82) is 0 Å². The summed E-state index contributed by atoms with van der Waals surface area (Å²) in [5, 5.41) is 0. The molecule has 0 saturated heterocycles. The summed E-state index contributed by atoms with van der Waals surface area (Å²) in [5.41, 5.74) is 5.31. The number of para-hydroxylation sites is 1. The third-order valence-corrected chi connectivity index (χ3v) is 3.78. The van der Waals surface area contributed by atoms with Gasteiger partial charge in [0.05, 0.1) is 0 Å². The predicted molar refractivity (Wildman–Crippen MR) is 69.9 cm³/mol. The molecule has 1 unspecified atom stereocenters. The van der Waals surface area contributed by atoms with Gasteiger partial charge in [0.1, 0.15) is 11.5 Å². The van der Waals surface area contributed by atoms with Crippen molar-refractivity contribution in [2.24, 2.45) is 0 Å². The molecule has 0 N–H and O–H groups in total. The van der Waals surface area contributed by atoms with Crippen molar-refractivity contribution in [2.45, 2.75) is 26.7 Å². The number of ether oxygens (including phenoxy) is 1. The fourth-order valence-corrected chi connectivity index (χ4v) is 2.65. The van der Waals surface area contributed by atoms with Crippen LogP contribution in [-0.4, -0.2) is 0 Å². The molecular weight excluding hydrogens is 208 g/mol. The summed E-state index contributed by atoms with van der Waals surface area (Å²) in [6.45, 7) is 6.59. The van der Waals surface area contributed by atoms with Crippen LogP contribution in [0.5, 0.6) is 11.5 Å². The summed E-state index contributed by atoms with van der Waals surface area (Å²) in [6, 6.07) is 12.5. The molecule has 17 heavy (non-hydrogen) atoms. The second-order valence-electron chi connectivity index (χ2n) is 4.78. The molecule has 3 rings (SSSR count). The lowest BCUT2D eigenvalue weighted by atomic mass is 9.85. The van der Waals surface area contributed by atoms with E-state index in [2.05, 4.69) is 45.0 Å². The Bertz CT molecular complexity index is 584. The Morgan fingerprint density at radius 1 is 0.941 bits per heavy atom. The van der Waals surface area contributed by atoms with Gasteiger partial charge in [0.15, 0.2) is 0 Å². The zero-order valence-corrected chi connectivity index (χ0v) is 10.4. The van der Waals surface area contributed by atoms with Crippen molar-refractivity contribution in [1.82, 2.24) is 0 Å². The standard InChI is InChI=1S/C16H16O/c1-10-8-9-15-16(11(10)2)12(3)13-6-4-5-7-14(13)17-15/h4-9,12H,1-3H3. The average molecular weight is 224 g/mol. The lowest BCUT2D eigenvalue weighted by Gasteiger charge is -2.27. The first-order chi connectivity index (χ1) is 8.18. The van der Waals surface area contributed by atoms with E-state index in [1.54, 1.807) is 0 Å². The molecule has 1 aliphatic heterocycles. The average Bonchev–Trinajstić information content (AvgIpc) is 2.34. The van der Waals surface area contributed by atoms with Crippen molar-refractivity contribution in [3.63, 3.8) is 0 Å². The van der Waals surface area contributed by atoms with Gasteiger partial charge in [-0.05, 0) is 37.1 Å². The van der Waals surface area contributed by atoms with E-state index in [-0.39, 0.29) is 0 Å². The first-order valence-electron chi connectivity index (χ1n) is 6.05. The fraction of sp³-hybridized carbons (Fsp3) is 0.250. The monoisotopic (exact) mass is 224 g/mol. The van der Waals surface area contributed by atoms with E-state index in [4.69, 9.17) is 4.74 Å². The number of hydrogen-bond donors (Lipinski definition) is 0. The largest absolute Gasteiger partial charge is 0.457 e. The lowest BCUT2D eigenvalue weighted by Crippen LogP contribution is -2.09. The molecule has 1 heterocycles. The molecule has 0 amide bonds. The van der Waals surface area contributed by atoms with Crippen molar-refractivity contribution in [3.8, 4) is 11.5 Å². The van der Waals surface area contributed by atoms with E-state index >= 15 is 0 Å². The van der Waals surface area contributed by atoms with Crippen molar-refractivity contribution >= 4 is 0 Å². The van der Waals surface area contributed by atoms with Crippen LogP contribution in [0.2, 0.25) is 0 Å². The van der Waals surface area contributed by atoms with Gasteiger partial charge >= 0.3 is 0 Å². The van der Waals surface area contributed by atoms with E-state index < -0.39 is 0 Å². The SMILES string of the molecule is Cc1ccc2c(c1C)C(C)c1ccccc1O2. The van der Waals surface area contributed by atoms with Crippen LogP contribution >= 0.6 is 0 Å². The van der Waals surface area contributed by atoms with Crippen LogP contribution in [0.4, 0.5) is 0 Å². The maximum absolute atomic E-state index is 5.98.